The van der Waals surface area contributed by atoms with Crippen molar-refractivity contribution < 1.29 is 18.8 Å². The summed E-state index contributed by atoms with van der Waals surface area (Å²) in [6.07, 6.45) is 4.35. The fourth-order valence-corrected chi connectivity index (χ4v) is 6.16. The molecule has 3 aromatic carbocycles. The molecule has 182 valence electrons. The van der Waals surface area contributed by atoms with E-state index in [0.717, 1.165) is 52.3 Å². The lowest BCUT2D eigenvalue weighted by Crippen LogP contribution is -2.39. The van der Waals surface area contributed by atoms with Crippen molar-refractivity contribution >= 4 is 23.4 Å². The van der Waals surface area contributed by atoms with Crippen LogP contribution in [-0.2, 0) is 0 Å². The van der Waals surface area contributed by atoms with Gasteiger partial charge in [-0.25, -0.2) is 0 Å². The van der Waals surface area contributed by atoms with Gasteiger partial charge in [-0.15, -0.1) is 0 Å². The molecule has 0 saturated heterocycles. The highest BCUT2D eigenvalue weighted by molar-refractivity contribution is 7.99. The van der Waals surface area contributed by atoms with Gasteiger partial charge < -0.3 is 18.9 Å². The molecule has 0 atom stereocenters. The highest BCUT2D eigenvalue weighted by Crippen LogP contribution is 2.45. The van der Waals surface area contributed by atoms with Crippen molar-refractivity contribution in [3.05, 3.63) is 66.2 Å². The van der Waals surface area contributed by atoms with E-state index < -0.39 is 0 Å². The Labute approximate surface area is 213 Å². The van der Waals surface area contributed by atoms with Gasteiger partial charge in [0.05, 0.1) is 31.0 Å². The molecule has 0 spiro atoms. The molecule has 1 saturated carbocycles. The summed E-state index contributed by atoms with van der Waals surface area (Å²) < 4.78 is 16.6. The number of rotatable bonds is 5. The highest BCUT2D eigenvalue weighted by Gasteiger charge is 2.34. The second-order valence-electron chi connectivity index (χ2n) is 8.86. The van der Waals surface area contributed by atoms with Crippen LogP contribution in [-0.4, -0.2) is 36.3 Å². The summed E-state index contributed by atoms with van der Waals surface area (Å²) in [4.78, 5) is 22.3. The number of anilines is 1. The van der Waals surface area contributed by atoms with Crippen LogP contribution in [0.1, 0.15) is 36.0 Å². The zero-order chi connectivity index (χ0) is 24.6. The molecule has 2 heterocycles. The normalized spacial score (nSPS) is 15.4. The van der Waals surface area contributed by atoms with E-state index in [0.29, 0.717) is 28.8 Å². The molecule has 2 aliphatic rings. The lowest BCUT2D eigenvalue weighted by Gasteiger charge is -2.29. The van der Waals surface area contributed by atoms with Crippen molar-refractivity contribution in [1.82, 2.24) is 10.1 Å². The standard InChI is InChI=1S/C28H25N3O4S/c1-33-22-12-7-11-20(25(22)34-2)27-29-26(30-35-27)17-14-15-21-24(16-17)36-23-13-6-5-10-19(23)28(32)31(21)18-8-3-4-9-18/h5-7,10-16,18H,3-4,8-9H2,1-2H3. The van der Waals surface area contributed by atoms with Crippen molar-refractivity contribution in [2.75, 3.05) is 19.1 Å². The number of amides is 1. The van der Waals surface area contributed by atoms with Gasteiger partial charge in [-0.1, -0.05) is 48.0 Å². The Hall–Kier alpha value is -3.78. The van der Waals surface area contributed by atoms with E-state index in [-0.39, 0.29) is 11.9 Å². The predicted octanol–water partition coefficient (Wildman–Crippen LogP) is 6.47. The van der Waals surface area contributed by atoms with Crippen LogP contribution in [0.3, 0.4) is 0 Å². The summed E-state index contributed by atoms with van der Waals surface area (Å²) in [5.74, 6) is 2.01. The third-order valence-corrected chi connectivity index (χ3v) is 7.91. The van der Waals surface area contributed by atoms with Gasteiger partial charge in [-0.05, 0) is 55.3 Å². The van der Waals surface area contributed by atoms with Crippen LogP contribution in [0, 0.1) is 0 Å². The lowest BCUT2D eigenvalue weighted by atomic mass is 10.1. The molecule has 36 heavy (non-hydrogen) atoms. The van der Waals surface area contributed by atoms with Crippen LogP contribution in [0.25, 0.3) is 22.8 Å². The van der Waals surface area contributed by atoms with Crippen molar-refractivity contribution in [2.24, 2.45) is 0 Å². The zero-order valence-electron chi connectivity index (χ0n) is 20.1. The zero-order valence-corrected chi connectivity index (χ0v) is 20.9. The smallest absolute Gasteiger partial charge is 0.262 e. The first-order valence-corrected chi connectivity index (χ1v) is 12.8. The van der Waals surface area contributed by atoms with Crippen molar-refractivity contribution in [1.29, 1.82) is 0 Å². The lowest BCUT2D eigenvalue weighted by molar-refractivity contribution is 0.0974. The van der Waals surface area contributed by atoms with Crippen LogP contribution in [0.2, 0.25) is 0 Å². The largest absolute Gasteiger partial charge is 0.493 e. The van der Waals surface area contributed by atoms with Crippen LogP contribution in [0.4, 0.5) is 5.69 Å². The Morgan fingerprint density at radius 1 is 0.944 bits per heavy atom. The summed E-state index contributed by atoms with van der Waals surface area (Å²) in [6.45, 7) is 0. The first kappa shape index (κ1) is 22.7. The average molecular weight is 500 g/mol. The average Bonchev–Trinajstić information content (AvgIpc) is 3.60. The number of nitrogens with zero attached hydrogens (tertiary/aromatic N) is 3. The molecular weight excluding hydrogens is 474 g/mol. The molecule has 1 aliphatic carbocycles. The maximum absolute atomic E-state index is 13.7. The molecule has 0 radical (unpaired) electrons. The number of hydrogen-bond donors (Lipinski definition) is 0. The first-order valence-electron chi connectivity index (χ1n) is 12.0. The quantitative estimate of drug-likeness (QED) is 0.311. The topological polar surface area (TPSA) is 77.7 Å². The Kier molecular flexibility index (Phi) is 5.89. The number of carbonyl (C=O) groups is 1. The molecule has 1 amide bonds. The molecule has 4 aromatic rings. The highest BCUT2D eigenvalue weighted by atomic mass is 32.2. The number of para-hydroxylation sites is 1. The van der Waals surface area contributed by atoms with Gasteiger partial charge in [0.15, 0.2) is 11.5 Å². The van der Waals surface area contributed by atoms with Crippen LogP contribution < -0.4 is 14.4 Å². The number of fused-ring (bicyclic) bond motifs is 2. The number of ether oxygens (including phenoxy) is 2. The van der Waals surface area contributed by atoms with Gasteiger partial charge in [-0.2, -0.15) is 4.98 Å². The predicted molar refractivity (Wildman–Crippen MR) is 138 cm³/mol. The number of benzene rings is 3. The van der Waals surface area contributed by atoms with E-state index in [2.05, 4.69) is 16.2 Å². The van der Waals surface area contributed by atoms with Gasteiger partial charge in [-0.3, -0.25) is 4.79 Å². The monoisotopic (exact) mass is 499 g/mol. The molecule has 1 aromatic heterocycles. The summed E-state index contributed by atoms with van der Waals surface area (Å²) in [6, 6.07) is 19.6. The Morgan fingerprint density at radius 3 is 2.56 bits per heavy atom. The number of carbonyl (C=O) groups excluding carboxylic acids is 1. The van der Waals surface area contributed by atoms with E-state index in [4.69, 9.17) is 14.0 Å². The molecular formula is C28H25N3O4S. The van der Waals surface area contributed by atoms with Crippen molar-refractivity contribution in [3.8, 4) is 34.3 Å². The van der Waals surface area contributed by atoms with E-state index in [1.165, 1.54) is 0 Å². The van der Waals surface area contributed by atoms with E-state index in [1.54, 1.807) is 26.0 Å². The molecule has 8 heteroatoms. The van der Waals surface area contributed by atoms with Crippen molar-refractivity contribution in [2.45, 2.75) is 41.5 Å². The number of hydrogen-bond acceptors (Lipinski definition) is 7. The maximum atomic E-state index is 13.7. The van der Waals surface area contributed by atoms with Crippen LogP contribution in [0.15, 0.2) is 75.0 Å². The summed E-state index contributed by atoms with van der Waals surface area (Å²) in [5, 5.41) is 4.25. The van der Waals surface area contributed by atoms with Gasteiger partial charge in [0.25, 0.3) is 11.8 Å². The Bertz CT molecular complexity index is 1440. The van der Waals surface area contributed by atoms with Crippen LogP contribution >= 0.6 is 11.8 Å². The fourth-order valence-electron chi connectivity index (χ4n) is 5.05. The molecule has 7 nitrogen and oxygen atoms in total. The molecule has 0 N–H and O–H groups in total. The first-order chi connectivity index (χ1) is 17.7. The Morgan fingerprint density at radius 2 is 1.75 bits per heavy atom. The van der Waals surface area contributed by atoms with E-state index in [1.807, 2.05) is 59.5 Å². The summed E-state index contributed by atoms with van der Waals surface area (Å²) in [5.41, 5.74) is 3.16. The molecule has 0 bridgehead atoms. The third-order valence-electron chi connectivity index (χ3n) is 6.78. The van der Waals surface area contributed by atoms with E-state index in [9.17, 15) is 4.79 Å². The Balaban J connectivity index is 1.42. The summed E-state index contributed by atoms with van der Waals surface area (Å²) >= 11 is 1.61. The maximum Gasteiger partial charge on any atom is 0.262 e. The number of aromatic nitrogens is 2. The van der Waals surface area contributed by atoms with Crippen LogP contribution in [0.5, 0.6) is 11.5 Å². The second kappa shape index (κ2) is 9.35. The molecule has 6 rings (SSSR count). The summed E-state index contributed by atoms with van der Waals surface area (Å²) in [7, 11) is 3.17. The number of methoxy groups -OCH3 is 2. The second-order valence-corrected chi connectivity index (χ2v) is 9.94. The van der Waals surface area contributed by atoms with Crippen molar-refractivity contribution in [3.63, 3.8) is 0 Å². The third kappa shape index (κ3) is 3.82. The molecule has 1 fully saturated rings. The fraction of sp³-hybridized carbons (Fsp3) is 0.250. The minimum absolute atomic E-state index is 0.0727. The molecule has 1 aliphatic heterocycles. The van der Waals surface area contributed by atoms with Gasteiger partial charge in [0.1, 0.15) is 0 Å². The van der Waals surface area contributed by atoms with Gasteiger partial charge >= 0.3 is 0 Å². The van der Waals surface area contributed by atoms with Gasteiger partial charge in [0, 0.05) is 21.4 Å². The minimum Gasteiger partial charge on any atom is -0.493 e. The van der Waals surface area contributed by atoms with Gasteiger partial charge in [0.2, 0.25) is 5.82 Å². The minimum atomic E-state index is 0.0727. The van der Waals surface area contributed by atoms with E-state index >= 15 is 0 Å². The SMILES string of the molecule is COc1cccc(-c2nc(-c3ccc4c(c3)Sc3ccccc3C(=O)N4C3CCCC3)no2)c1OC. The molecule has 0 unspecified atom stereocenters.